The number of para-hydroxylation sites is 1. The van der Waals surface area contributed by atoms with Crippen molar-refractivity contribution in [1.82, 2.24) is 5.32 Å². The summed E-state index contributed by atoms with van der Waals surface area (Å²) >= 11 is 1.62. The number of hydrogen-bond acceptors (Lipinski definition) is 3. The van der Waals surface area contributed by atoms with E-state index in [2.05, 4.69) is 17.6 Å². The first-order valence-corrected chi connectivity index (χ1v) is 11.0. The summed E-state index contributed by atoms with van der Waals surface area (Å²) in [6.45, 7) is 2.50. The minimum atomic E-state index is -0.184. The van der Waals surface area contributed by atoms with Crippen molar-refractivity contribution < 1.29 is 14.5 Å². The molecule has 5 nitrogen and oxygen atoms in total. The van der Waals surface area contributed by atoms with Crippen molar-refractivity contribution in [3.8, 4) is 0 Å². The van der Waals surface area contributed by atoms with Gasteiger partial charge in [-0.15, -0.1) is 11.3 Å². The molecule has 30 heavy (non-hydrogen) atoms. The number of benzene rings is 2. The Morgan fingerprint density at radius 3 is 2.33 bits per heavy atom. The summed E-state index contributed by atoms with van der Waals surface area (Å²) in [6, 6.07) is 21.5. The van der Waals surface area contributed by atoms with Crippen molar-refractivity contribution in [2.75, 3.05) is 25.5 Å². The molecule has 6 heteroatoms. The van der Waals surface area contributed by atoms with Crippen LogP contribution in [-0.4, -0.2) is 32.0 Å². The molecule has 1 heterocycles. The first kappa shape index (κ1) is 21.7. The number of thiophene rings is 1. The largest absolute Gasteiger partial charge is 0.339 e. The molecule has 0 fully saturated rings. The maximum absolute atomic E-state index is 12.7. The van der Waals surface area contributed by atoms with E-state index < -0.39 is 0 Å². The SMILES string of the molecule is CCc1ccccc1NC(=O)C[NH+](C)CC(=O)N[C@@H](c1ccccc1)c1cccs1. The van der Waals surface area contributed by atoms with Crippen LogP contribution in [0.3, 0.4) is 0 Å². The zero-order valence-corrected chi connectivity index (χ0v) is 18.2. The third kappa shape index (κ3) is 6.02. The molecule has 0 bridgehead atoms. The highest BCUT2D eigenvalue weighted by molar-refractivity contribution is 7.10. The highest BCUT2D eigenvalue weighted by Gasteiger charge is 2.21. The monoisotopic (exact) mass is 422 g/mol. The van der Waals surface area contributed by atoms with E-state index in [9.17, 15) is 9.59 Å². The first-order valence-electron chi connectivity index (χ1n) is 10.1. The van der Waals surface area contributed by atoms with E-state index in [1.165, 1.54) is 0 Å². The normalized spacial score (nSPS) is 12.7. The van der Waals surface area contributed by atoms with Gasteiger partial charge in [-0.05, 0) is 35.1 Å². The lowest BCUT2D eigenvalue weighted by atomic mass is 10.1. The van der Waals surface area contributed by atoms with Crippen molar-refractivity contribution in [1.29, 1.82) is 0 Å². The second kappa shape index (κ2) is 10.7. The van der Waals surface area contributed by atoms with Gasteiger partial charge in [-0.1, -0.05) is 61.5 Å². The average Bonchev–Trinajstić information content (AvgIpc) is 3.27. The molecule has 1 aromatic heterocycles. The van der Waals surface area contributed by atoms with Gasteiger partial charge in [0.1, 0.15) is 0 Å². The highest BCUT2D eigenvalue weighted by atomic mass is 32.1. The lowest BCUT2D eigenvalue weighted by Crippen LogP contribution is -3.11. The molecular weight excluding hydrogens is 394 g/mol. The molecule has 0 spiro atoms. The Kier molecular flexibility index (Phi) is 7.76. The van der Waals surface area contributed by atoms with E-state index in [0.29, 0.717) is 0 Å². The molecule has 0 aliphatic rings. The Morgan fingerprint density at radius 1 is 0.933 bits per heavy atom. The van der Waals surface area contributed by atoms with Crippen LogP contribution in [0, 0.1) is 0 Å². The number of quaternary nitrogens is 1. The van der Waals surface area contributed by atoms with Gasteiger partial charge in [0.25, 0.3) is 11.8 Å². The standard InChI is InChI=1S/C24H27N3O2S/c1-3-18-10-7-8-13-20(18)25-22(28)16-27(2)17-23(29)26-24(21-14-9-15-30-21)19-11-5-4-6-12-19/h4-15,24H,3,16-17H2,1-2H3,(H,25,28)(H,26,29)/p+1/t24-/m0/s1. The van der Waals surface area contributed by atoms with Crippen molar-refractivity contribution in [3.05, 3.63) is 88.1 Å². The molecule has 1 unspecified atom stereocenters. The number of aryl methyl sites for hydroxylation is 1. The number of carbonyl (C=O) groups is 2. The molecule has 156 valence electrons. The van der Waals surface area contributed by atoms with Gasteiger partial charge < -0.3 is 15.5 Å². The number of carbonyl (C=O) groups excluding carboxylic acids is 2. The third-order valence-electron chi connectivity index (χ3n) is 4.86. The number of rotatable bonds is 9. The van der Waals surface area contributed by atoms with E-state index >= 15 is 0 Å². The number of nitrogens with one attached hydrogen (secondary N) is 3. The van der Waals surface area contributed by atoms with Crippen molar-refractivity contribution in [2.24, 2.45) is 0 Å². The molecule has 3 N–H and O–H groups in total. The lowest BCUT2D eigenvalue weighted by Gasteiger charge is -2.20. The molecule has 2 aromatic carbocycles. The highest BCUT2D eigenvalue weighted by Crippen LogP contribution is 2.25. The first-order chi connectivity index (χ1) is 14.6. The number of likely N-dealkylation sites (N-methyl/N-ethyl adjacent to an activating group) is 1. The molecule has 0 saturated carbocycles. The van der Waals surface area contributed by atoms with Gasteiger partial charge in [0, 0.05) is 10.6 Å². The predicted molar refractivity (Wildman–Crippen MR) is 122 cm³/mol. The minimum absolute atomic E-state index is 0.0866. The van der Waals surface area contributed by atoms with Crippen LogP contribution in [0.4, 0.5) is 5.69 Å². The van der Waals surface area contributed by atoms with Crippen LogP contribution in [-0.2, 0) is 16.0 Å². The van der Waals surface area contributed by atoms with Crippen LogP contribution < -0.4 is 15.5 Å². The minimum Gasteiger partial charge on any atom is -0.339 e. The Morgan fingerprint density at radius 2 is 1.63 bits per heavy atom. The second-order valence-corrected chi connectivity index (χ2v) is 8.28. The van der Waals surface area contributed by atoms with Gasteiger partial charge in [0.2, 0.25) is 0 Å². The fourth-order valence-electron chi connectivity index (χ4n) is 3.39. The summed E-state index contributed by atoms with van der Waals surface area (Å²) in [5, 5.41) is 8.10. The summed E-state index contributed by atoms with van der Waals surface area (Å²) in [6.07, 6.45) is 0.852. The predicted octanol–water partition coefficient (Wildman–Crippen LogP) is 2.67. The number of amides is 2. The molecular formula is C24H28N3O2S+. The van der Waals surface area contributed by atoms with Gasteiger partial charge in [-0.3, -0.25) is 9.59 Å². The fourth-order valence-corrected chi connectivity index (χ4v) is 4.19. The Hall–Kier alpha value is -2.96. The van der Waals surface area contributed by atoms with Crippen molar-refractivity contribution in [2.45, 2.75) is 19.4 Å². The van der Waals surface area contributed by atoms with Crippen LogP contribution in [0.1, 0.15) is 29.0 Å². The summed E-state index contributed by atoms with van der Waals surface area (Å²) < 4.78 is 0. The lowest BCUT2D eigenvalue weighted by molar-refractivity contribution is -0.862. The maximum Gasteiger partial charge on any atom is 0.279 e. The second-order valence-electron chi connectivity index (χ2n) is 7.30. The average molecular weight is 423 g/mol. The van der Waals surface area contributed by atoms with Crippen LogP contribution in [0.25, 0.3) is 0 Å². The summed E-state index contributed by atoms with van der Waals surface area (Å²) in [5.41, 5.74) is 2.98. The molecule has 0 aliphatic heterocycles. The molecule has 2 amide bonds. The van der Waals surface area contributed by atoms with Gasteiger partial charge in [-0.25, -0.2) is 0 Å². The number of hydrogen-bond donors (Lipinski definition) is 3. The smallest absolute Gasteiger partial charge is 0.279 e. The van der Waals surface area contributed by atoms with Crippen LogP contribution in [0.15, 0.2) is 72.1 Å². The van der Waals surface area contributed by atoms with Gasteiger partial charge in [0.05, 0.1) is 13.1 Å². The van der Waals surface area contributed by atoms with Gasteiger partial charge in [0.15, 0.2) is 13.1 Å². The molecule has 0 saturated heterocycles. The molecule has 0 aliphatic carbocycles. The summed E-state index contributed by atoms with van der Waals surface area (Å²) in [4.78, 5) is 27.1. The zero-order valence-electron chi connectivity index (χ0n) is 17.4. The van der Waals surface area contributed by atoms with E-state index in [1.54, 1.807) is 11.3 Å². The number of anilines is 1. The van der Waals surface area contributed by atoms with Crippen molar-refractivity contribution in [3.63, 3.8) is 0 Å². The van der Waals surface area contributed by atoms with Crippen LogP contribution in [0.5, 0.6) is 0 Å². The molecule has 3 rings (SSSR count). The molecule has 2 atom stereocenters. The zero-order chi connectivity index (χ0) is 21.3. The van der Waals surface area contributed by atoms with Gasteiger partial charge in [-0.2, -0.15) is 0 Å². The molecule has 0 radical (unpaired) electrons. The maximum atomic E-state index is 12.7. The van der Waals surface area contributed by atoms with Crippen LogP contribution in [0.2, 0.25) is 0 Å². The molecule has 3 aromatic rings. The van der Waals surface area contributed by atoms with E-state index in [4.69, 9.17) is 0 Å². The Balaban J connectivity index is 1.57. The van der Waals surface area contributed by atoms with Gasteiger partial charge >= 0.3 is 0 Å². The van der Waals surface area contributed by atoms with E-state index in [-0.39, 0.29) is 30.9 Å². The quantitative estimate of drug-likeness (QED) is 0.497. The third-order valence-corrected chi connectivity index (χ3v) is 5.80. The van der Waals surface area contributed by atoms with Crippen molar-refractivity contribution >= 4 is 28.8 Å². The summed E-state index contributed by atoms with van der Waals surface area (Å²) in [5.74, 6) is -0.185. The summed E-state index contributed by atoms with van der Waals surface area (Å²) in [7, 11) is 1.85. The fraction of sp³-hybridized carbons (Fsp3) is 0.250. The topological polar surface area (TPSA) is 62.6 Å². The van der Waals surface area contributed by atoms with Crippen LogP contribution >= 0.6 is 11.3 Å². The Labute approximate surface area is 181 Å². The van der Waals surface area contributed by atoms with E-state index in [0.717, 1.165) is 33.0 Å². The van der Waals surface area contributed by atoms with E-state index in [1.807, 2.05) is 79.2 Å². The Bertz CT molecular complexity index is 958.